The first-order chi connectivity index (χ1) is 20.2. The van der Waals surface area contributed by atoms with Crippen molar-refractivity contribution < 1.29 is 23.1 Å². The minimum absolute atomic E-state index is 0.0221. The Morgan fingerprint density at radius 2 is 1.81 bits per heavy atom. The van der Waals surface area contributed by atoms with Crippen molar-refractivity contribution in [3.63, 3.8) is 0 Å². The van der Waals surface area contributed by atoms with E-state index in [2.05, 4.69) is 15.9 Å². The van der Waals surface area contributed by atoms with Crippen molar-refractivity contribution in [3.05, 3.63) is 75.1 Å². The molecule has 2 amide bonds. The molecule has 6 rings (SSSR count). The highest BCUT2D eigenvalue weighted by Crippen LogP contribution is 2.35. The molecule has 3 atom stereocenters. The minimum Gasteiger partial charge on any atom is -0.395 e. The summed E-state index contributed by atoms with van der Waals surface area (Å²) in [6.45, 7) is 1.13. The largest absolute Gasteiger partial charge is 0.395 e. The molecule has 3 aliphatic rings. The number of aromatic nitrogens is 1. The van der Waals surface area contributed by atoms with Crippen LogP contribution < -0.4 is 5.56 Å². The molecule has 0 saturated carbocycles. The lowest BCUT2D eigenvalue weighted by atomic mass is 9.83. The van der Waals surface area contributed by atoms with Crippen LogP contribution in [0.2, 0.25) is 0 Å². The second kappa shape index (κ2) is 11.6. The maximum absolute atomic E-state index is 13.8. The zero-order valence-electron chi connectivity index (χ0n) is 23.1. The lowest BCUT2D eigenvalue weighted by Gasteiger charge is -2.43. The standard InChI is InChI=1S/C30H33BrN4O6S/c31-24-8-6-22-15-25(9-7-21(22)14-24)42(40,41)35(11-12-36)27-4-2-10-32(30(27)39)19-29(38)33-16-20-13-23(18-33)26-3-1-5-28(37)34(26)17-20/h1,3,5-9,14-15,20,23,27,36H,2,4,10-13,16-19H2/t20-,23+,27+/m1/s1. The molecule has 42 heavy (non-hydrogen) atoms. The fourth-order valence-electron chi connectivity index (χ4n) is 6.74. The summed E-state index contributed by atoms with van der Waals surface area (Å²) in [6, 6.07) is 14.6. The molecule has 2 bridgehead atoms. The molecular weight excluding hydrogens is 624 g/mol. The van der Waals surface area contributed by atoms with Gasteiger partial charge in [-0.3, -0.25) is 14.4 Å². The molecule has 2 fully saturated rings. The molecule has 1 N–H and O–H groups in total. The Balaban J connectivity index is 1.19. The van der Waals surface area contributed by atoms with Crippen LogP contribution in [0.15, 0.2) is 68.8 Å². The molecule has 222 valence electrons. The number of amides is 2. The van der Waals surface area contributed by atoms with Crippen LogP contribution >= 0.6 is 15.9 Å². The van der Waals surface area contributed by atoms with Gasteiger partial charge in [0.05, 0.1) is 18.0 Å². The number of carbonyl (C=O) groups is 2. The second-order valence-electron chi connectivity index (χ2n) is 11.4. The summed E-state index contributed by atoms with van der Waals surface area (Å²) in [7, 11) is -4.12. The van der Waals surface area contributed by atoms with Gasteiger partial charge in [0.15, 0.2) is 0 Å². The van der Waals surface area contributed by atoms with Gasteiger partial charge in [-0.2, -0.15) is 4.31 Å². The van der Waals surface area contributed by atoms with Crippen LogP contribution in [0.25, 0.3) is 10.8 Å². The first-order valence-corrected chi connectivity index (χ1v) is 16.5. The molecule has 2 aromatic carbocycles. The lowest BCUT2D eigenvalue weighted by molar-refractivity contribution is -0.146. The number of halogens is 1. The number of hydrogen-bond acceptors (Lipinski definition) is 6. The number of aliphatic hydroxyl groups excluding tert-OH is 1. The summed E-state index contributed by atoms with van der Waals surface area (Å²) in [5, 5.41) is 11.4. The highest BCUT2D eigenvalue weighted by Gasteiger charge is 2.42. The fourth-order valence-corrected chi connectivity index (χ4v) is 8.76. The Morgan fingerprint density at radius 3 is 2.62 bits per heavy atom. The van der Waals surface area contributed by atoms with Crippen LogP contribution in [0, 0.1) is 5.92 Å². The van der Waals surface area contributed by atoms with Crippen LogP contribution in [0.5, 0.6) is 0 Å². The highest BCUT2D eigenvalue weighted by atomic mass is 79.9. The first kappa shape index (κ1) is 29.0. The number of aliphatic hydroxyl groups is 1. The maximum Gasteiger partial charge on any atom is 0.250 e. The van der Waals surface area contributed by atoms with E-state index in [1.165, 1.54) is 11.0 Å². The highest BCUT2D eigenvalue weighted by molar-refractivity contribution is 9.10. The van der Waals surface area contributed by atoms with E-state index in [4.69, 9.17) is 0 Å². The summed E-state index contributed by atoms with van der Waals surface area (Å²) in [5.41, 5.74) is 0.919. The first-order valence-electron chi connectivity index (χ1n) is 14.2. The molecule has 1 aromatic heterocycles. The molecule has 0 spiro atoms. The average molecular weight is 658 g/mol. The topological polar surface area (TPSA) is 120 Å². The quantitative estimate of drug-likeness (QED) is 0.417. The Hall–Kier alpha value is -3.06. The van der Waals surface area contributed by atoms with E-state index >= 15 is 0 Å². The van der Waals surface area contributed by atoms with Crippen molar-refractivity contribution >= 4 is 48.5 Å². The van der Waals surface area contributed by atoms with E-state index in [0.29, 0.717) is 39.0 Å². The summed E-state index contributed by atoms with van der Waals surface area (Å²) in [4.78, 5) is 42.8. The van der Waals surface area contributed by atoms with Crippen molar-refractivity contribution in [2.75, 3.05) is 39.3 Å². The molecule has 0 aliphatic carbocycles. The average Bonchev–Trinajstić information content (AvgIpc) is 2.97. The molecule has 0 radical (unpaired) electrons. The fraction of sp³-hybridized carbons (Fsp3) is 0.433. The lowest BCUT2D eigenvalue weighted by Crippen LogP contribution is -2.57. The van der Waals surface area contributed by atoms with Crippen LogP contribution in [0.4, 0.5) is 0 Å². The summed E-state index contributed by atoms with van der Waals surface area (Å²) in [5.74, 6) is -0.375. The molecule has 0 unspecified atom stereocenters. The Labute approximate surface area is 252 Å². The number of fused-ring (bicyclic) bond motifs is 5. The van der Waals surface area contributed by atoms with E-state index in [0.717, 1.165) is 31.7 Å². The van der Waals surface area contributed by atoms with E-state index in [1.54, 1.807) is 29.2 Å². The van der Waals surface area contributed by atoms with E-state index in [9.17, 15) is 27.9 Å². The van der Waals surface area contributed by atoms with Gasteiger partial charge in [-0.05, 0) is 66.3 Å². The minimum atomic E-state index is -4.12. The van der Waals surface area contributed by atoms with Gasteiger partial charge in [-0.25, -0.2) is 8.42 Å². The zero-order chi connectivity index (χ0) is 29.6. The second-order valence-corrected chi connectivity index (χ2v) is 14.2. The molecule has 4 heterocycles. The van der Waals surface area contributed by atoms with Gasteiger partial charge in [0.25, 0.3) is 5.56 Å². The number of piperidine rings is 2. The van der Waals surface area contributed by atoms with E-state index < -0.39 is 28.6 Å². The predicted octanol–water partition coefficient (Wildman–Crippen LogP) is 2.38. The molecule has 3 aliphatic heterocycles. The molecular formula is C30H33BrN4O6S. The van der Waals surface area contributed by atoms with Crippen molar-refractivity contribution in [3.8, 4) is 0 Å². The van der Waals surface area contributed by atoms with Crippen LogP contribution in [-0.2, 0) is 26.2 Å². The Morgan fingerprint density at radius 1 is 1.02 bits per heavy atom. The van der Waals surface area contributed by atoms with Gasteiger partial charge < -0.3 is 19.5 Å². The van der Waals surface area contributed by atoms with Gasteiger partial charge >= 0.3 is 0 Å². The normalized spacial score (nSPS) is 22.5. The van der Waals surface area contributed by atoms with Crippen molar-refractivity contribution in [1.82, 2.24) is 18.7 Å². The van der Waals surface area contributed by atoms with Crippen LogP contribution in [-0.4, -0.2) is 89.4 Å². The molecule has 10 nitrogen and oxygen atoms in total. The third-order valence-corrected chi connectivity index (χ3v) is 11.1. The van der Waals surface area contributed by atoms with E-state index in [-0.39, 0.29) is 41.3 Å². The van der Waals surface area contributed by atoms with Crippen LogP contribution in [0.1, 0.15) is 30.9 Å². The third kappa shape index (κ3) is 5.41. The monoisotopic (exact) mass is 656 g/mol. The summed E-state index contributed by atoms with van der Waals surface area (Å²) >= 11 is 3.43. The maximum atomic E-state index is 13.8. The van der Waals surface area contributed by atoms with Gasteiger partial charge in [0.2, 0.25) is 21.8 Å². The smallest absolute Gasteiger partial charge is 0.250 e. The SMILES string of the molecule is O=C(CN1CCC[C@H](N(CCO)S(=O)(=O)c2ccc3cc(Br)ccc3c2)C1=O)N1C[C@H]2C[C@@H](C1)c1cccc(=O)n1C2. The number of benzene rings is 2. The summed E-state index contributed by atoms with van der Waals surface area (Å²) in [6.07, 6.45) is 1.76. The van der Waals surface area contributed by atoms with Crippen LogP contribution in [0.3, 0.4) is 0 Å². The number of pyridine rings is 1. The van der Waals surface area contributed by atoms with E-state index in [1.807, 2.05) is 28.8 Å². The molecule has 2 saturated heterocycles. The predicted molar refractivity (Wildman–Crippen MR) is 160 cm³/mol. The van der Waals surface area contributed by atoms with Crippen molar-refractivity contribution in [1.29, 1.82) is 0 Å². The van der Waals surface area contributed by atoms with Gasteiger partial charge in [-0.1, -0.05) is 34.1 Å². The Bertz CT molecular complexity index is 1710. The van der Waals surface area contributed by atoms with Gasteiger partial charge in [0, 0.05) is 54.9 Å². The third-order valence-electron chi connectivity index (χ3n) is 8.71. The summed E-state index contributed by atoms with van der Waals surface area (Å²) < 4.78 is 31.4. The van der Waals surface area contributed by atoms with Crippen molar-refractivity contribution in [2.45, 2.75) is 42.7 Å². The number of rotatable bonds is 7. The molecule has 12 heteroatoms. The number of nitrogens with zero attached hydrogens (tertiary/aromatic N) is 4. The number of carbonyl (C=O) groups excluding carboxylic acids is 2. The molecule has 3 aromatic rings. The van der Waals surface area contributed by atoms with Gasteiger partial charge in [-0.15, -0.1) is 0 Å². The zero-order valence-corrected chi connectivity index (χ0v) is 25.5. The number of sulfonamides is 1. The number of hydrogen-bond donors (Lipinski definition) is 1. The van der Waals surface area contributed by atoms with Crippen molar-refractivity contribution in [2.24, 2.45) is 5.92 Å². The number of likely N-dealkylation sites (tertiary alicyclic amines) is 2. The Kier molecular flexibility index (Phi) is 7.99. The van der Waals surface area contributed by atoms with Gasteiger partial charge in [0.1, 0.15) is 6.04 Å².